The smallest absolute Gasteiger partial charge is 0.417 e. The molecule has 0 spiro atoms. The second-order valence-electron chi connectivity index (χ2n) is 3.43. The molecule has 1 saturated heterocycles. The SMILES string of the molecule is CC(=O)OC1C[C@H](O)[C@H](O)[C@H](C(F)(F)F)O1. The van der Waals surface area contributed by atoms with Crippen molar-refractivity contribution in [3.05, 3.63) is 0 Å². The largest absolute Gasteiger partial charge is 0.436 e. The van der Waals surface area contributed by atoms with E-state index in [2.05, 4.69) is 9.47 Å². The minimum atomic E-state index is -4.83. The number of ether oxygens (including phenoxy) is 2. The van der Waals surface area contributed by atoms with E-state index in [1.807, 2.05) is 0 Å². The quantitative estimate of drug-likeness (QED) is 0.632. The van der Waals surface area contributed by atoms with Gasteiger partial charge in [0.1, 0.15) is 6.10 Å². The number of aliphatic hydroxyl groups is 2. The average Bonchev–Trinajstić information content (AvgIpc) is 2.08. The maximum atomic E-state index is 12.3. The maximum absolute atomic E-state index is 12.3. The number of aliphatic hydroxyl groups excluding tert-OH is 2. The highest BCUT2D eigenvalue weighted by molar-refractivity contribution is 5.66. The molecule has 0 bridgehead atoms. The summed E-state index contributed by atoms with van der Waals surface area (Å²) in [7, 11) is 0. The van der Waals surface area contributed by atoms with Gasteiger partial charge in [-0.3, -0.25) is 4.79 Å². The Morgan fingerprint density at radius 2 is 2.00 bits per heavy atom. The number of carbonyl (C=O) groups is 1. The molecule has 1 aliphatic heterocycles. The highest BCUT2D eigenvalue weighted by atomic mass is 19.4. The minimum absolute atomic E-state index is 0.396. The maximum Gasteiger partial charge on any atom is 0.417 e. The van der Waals surface area contributed by atoms with Crippen LogP contribution >= 0.6 is 0 Å². The molecular weight excluding hydrogens is 233 g/mol. The van der Waals surface area contributed by atoms with Gasteiger partial charge >= 0.3 is 12.1 Å². The molecule has 1 rings (SSSR count). The Hall–Kier alpha value is -0.860. The molecule has 16 heavy (non-hydrogen) atoms. The lowest BCUT2D eigenvalue weighted by Crippen LogP contribution is -2.55. The molecule has 0 aromatic rings. The van der Waals surface area contributed by atoms with Gasteiger partial charge in [0.15, 0.2) is 6.10 Å². The third-order valence-electron chi connectivity index (χ3n) is 2.06. The van der Waals surface area contributed by atoms with Crippen LogP contribution in [-0.4, -0.2) is 47.0 Å². The highest BCUT2D eigenvalue weighted by Gasteiger charge is 2.52. The molecule has 2 N–H and O–H groups in total. The van der Waals surface area contributed by atoms with Crippen LogP contribution in [0.25, 0.3) is 0 Å². The Morgan fingerprint density at radius 1 is 1.44 bits per heavy atom. The van der Waals surface area contributed by atoms with Gasteiger partial charge in [-0.05, 0) is 0 Å². The summed E-state index contributed by atoms with van der Waals surface area (Å²) in [5.41, 5.74) is 0. The lowest BCUT2D eigenvalue weighted by molar-refractivity contribution is -0.322. The van der Waals surface area contributed by atoms with Crippen LogP contribution < -0.4 is 0 Å². The van der Waals surface area contributed by atoms with E-state index in [1.54, 1.807) is 0 Å². The Labute approximate surface area is 88.8 Å². The molecule has 0 aromatic heterocycles. The second kappa shape index (κ2) is 4.56. The zero-order valence-electron chi connectivity index (χ0n) is 8.27. The van der Waals surface area contributed by atoms with E-state index in [0.29, 0.717) is 0 Å². The molecule has 1 aliphatic rings. The first-order valence-electron chi connectivity index (χ1n) is 4.47. The minimum Gasteiger partial charge on any atom is -0.436 e. The van der Waals surface area contributed by atoms with Crippen molar-refractivity contribution in [1.82, 2.24) is 0 Å². The molecule has 0 saturated carbocycles. The summed E-state index contributed by atoms with van der Waals surface area (Å²) in [6.45, 7) is 1.00. The van der Waals surface area contributed by atoms with Gasteiger partial charge in [0.05, 0.1) is 6.10 Å². The van der Waals surface area contributed by atoms with E-state index in [-0.39, 0.29) is 0 Å². The molecule has 1 fully saturated rings. The summed E-state index contributed by atoms with van der Waals surface area (Å²) in [5.74, 6) is -0.825. The van der Waals surface area contributed by atoms with Crippen LogP contribution in [0.5, 0.6) is 0 Å². The number of alkyl halides is 3. The predicted molar refractivity (Wildman–Crippen MR) is 43.1 cm³/mol. The van der Waals surface area contributed by atoms with Crippen LogP contribution in [0, 0.1) is 0 Å². The lowest BCUT2D eigenvalue weighted by atomic mass is 10.0. The van der Waals surface area contributed by atoms with E-state index in [0.717, 1.165) is 6.92 Å². The Balaban J connectivity index is 2.73. The topological polar surface area (TPSA) is 76.0 Å². The molecule has 0 aliphatic carbocycles. The van der Waals surface area contributed by atoms with Crippen molar-refractivity contribution >= 4 is 5.97 Å². The Morgan fingerprint density at radius 3 is 2.44 bits per heavy atom. The lowest BCUT2D eigenvalue weighted by Gasteiger charge is -2.37. The summed E-state index contributed by atoms with van der Waals surface area (Å²) >= 11 is 0. The van der Waals surface area contributed by atoms with Crippen molar-refractivity contribution in [1.29, 1.82) is 0 Å². The molecule has 8 heteroatoms. The third kappa shape index (κ3) is 3.06. The standard InChI is InChI=1S/C8H11F3O5/c1-3(12)15-5-2-4(13)6(14)7(16-5)8(9,10)11/h4-7,13-14H,2H2,1H3/t4-,5?,6-,7+/m0/s1. The zero-order valence-corrected chi connectivity index (χ0v) is 8.27. The fourth-order valence-corrected chi connectivity index (χ4v) is 1.37. The first kappa shape index (κ1) is 13.2. The van der Waals surface area contributed by atoms with Crippen molar-refractivity contribution < 1.29 is 37.7 Å². The van der Waals surface area contributed by atoms with Gasteiger partial charge in [-0.2, -0.15) is 13.2 Å². The van der Waals surface area contributed by atoms with Gasteiger partial charge < -0.3 is 19.7 Å². The molecule has 0 amide bonds. The number of halogens is 3. The predicted octanol–water partition coefficient (Wildman–Crippen LogP) is -0.0514. The molecular formula is C8H11F3O5. The van der Waals surface area contributed by atoms with Crippen molar-refractivity contribution in [2.75, 3.05) is 0 Å². The number of hydrogen-bond donors (Lipinski definition) is 2. The van der Waals surface area contributed by atoms with Gasteiger partial charge in [-0.15, -0.1) is 0 Å². The summed E-state index contributed by atoms with van der Waals surface area (Å²) in [6.07, 6.45) is -13.0. The molecule has 5 nitrogen and oxygen atoms in total. The van der Waals surface area contributed by atoms with Gasteiger partial charge in [-0.1, -0.05) is 0 Å². The molecule has 94 valence electrons. The van der Waals surface area contributed by atoms with Crippen LogP contribution in [0.1, 0.15) is 13.3 Å². The number of hydrogen-bond acceptors (Lipinski definition) is 5. The monoisotopic (exact) mass is 244 g/mol. The summed E-state index contributed by atoms with van der Waals surface area (Å²) in [5, 5.41) is 18.3. The molecule has 4 atom stereocenters. The number of esters is 1. The van der Waals surface area contributed by atoms with Crippen LogP contribution in [0.4, 0.5) is 13.2 Å². The Bertz CT molecular complexity index is 267. The first-order chi connectivity index (χ1) is 7.21. The second-order valence-corrected chi connectivity index (χ2v) is 3.43. The molecule has 0 aromatic carbocycles. The van der Waals surface area contributed by atoms with E-state index < -0.39 is 43.2 Å². The third-order valence-corrected chi connectivity index (χ3v) is 2.06. The molecule has 1 heterocycles. The molecule has 0 radical (unpaired) electrons. The highest BCUT2D eigenvalue weighted by Crippen LogP contribution is 2.32. The van der Waals surface area contributed by atoms with Gasteiger partial charge in [0.25, 0.3) is 0 Å². The van der Waals surface area contributed by atoms with Gasteiger partial charge in [0.2, 0.25) is 6.29 Å². The number of carbonyl (C=O) groups excluding carboxylic acids is 1. The van der Waals surface area contributed by atoms with Gasteiger partial charge in [0, 0.05) is 13.3 Å². The van der Waals surface area contributed by atoms with Crippen LogP contribution in [-0.2, 0) is 14.3 Å². The summed E-state index contributed by atoms with van der Waals surface area (Å²) < 4.78 is 45.8. The van der Waals surface area contributed by atoms with Crippen LogP contribution in [0.2, 0.25) is 0 Å². The number of rotatable bonds is 1. The normalized spacial score (nSPS) is 35.9. The average molecular weight is 244 g/mol. The van der Waals surface area contributed by atoms with E-state index in [4.69, 9.17) is 5.11 Å². The zero-order chi connectivity index (χ0) is 12.5. The van der Waals surface area contributed by atoms with Crippen LogP contribution in [0.15, 0.2) is 0 Å². The first-order valence-corrected chi connectivity index (χ1v) is 4.47. The fourth-order valence-electron chi connectivity index (χ4n) is 1.37. The van der Waals surface area contributed by atoms with Crippen LogP contribution in [0.3, 0.4) is 0 Å². The fraction of sp³-hybridized carbons (Fsp3) is 0.875. The van der Waals surface area contributed by atoms with E-state index in [9.17, 15) is 23.1 Å². The van der Waals surface area contributed by atoms with Gasteiger partial charge in [-0.25, -0.2) is 0 Å². The summed E-state index contributed by atoms with van der Waals surface area (Å²) in [4.78, 5) is 10.5. The van der Waals surface area contributed by atoms with E-state index >= 15 is 0 Å². The van der Waals surface area contributed by atoms with E-state index in [1.165, 1.54) is 0 Å². The van der Waals surface area contributed by atoms with Crippen molar-refractivity contribution in [2.24, 2.45) is 0 Å². The van der Waals surface area contributed by atoms with Crippen molar-refractivity contribution in [3.63, 3.8) is 0 Å². The Kier molecular flexibility index (Phi) is 3.76. The van der Waals surface area contributed by atoms with Crippen molar-refractivity contribution in [3.8, 4) is 0 Å². The van der Waals surface area contributed by atoms with Crippen molar-refractivity contribution in [2.45, 2.75) is 44.1 Å². The summed E-state index contributed by atoms with van der Waals surface area (Å²) in [6, 6.07) is 0. The molecule has 1 unspecified atom stereocenters.